The zero-order valence-electron chi connectivity index (χ0n) is 18.6. The fraction of sp³-hybridized carbons (Fsp3) is 0.125. The van der Waals surface area contributed by atoms with Gasteiger partial charge in [-0.05, 0) is 29.8 Å². The number of nitro groups is 1. The molecule has 3 rings (SSSR count). The van der Waals surface area contributed by atoms with Crippen LogP contribution < -0.4 is 20.2 Å². The molecule has 3 aromatic carbocycles. The number of benzene rings is 3. The third-order valence-corrected chi connectivity index (χ3v) is 4.88. The largest absolute Gasteiger partial charge is 0.493 e. The smallest absolute Gasteiger partial charge is 0.273 e. The van der Waals surface area contributed by atoms with Gasteiger partial charge in [0.05, 0.1) is 29.7 Å². The quantitative estimate of drug-likeness (QED) is 0.248. The first-order chi connectivity index (χ1) is 16.9. The molecule has 0 atom stereocenters. The lowest BCUT2D eigenvalue weighted by molar-refractivity contribution is -0.385. The van der Waals surface area contributed by atoms with Gasteiger partial charge < -0.3 is 14.8 Å². The zero-order valence-corrected chi connectivity index (χ0v) is 19.3. The van der Waals surface area contributed by atoms with Crippen molar-refractivity contribution >= 4 is 41.0 Å². The minimum absolute atomic E-state index is 0.142. The number of rotatable bonds is 10. The average Bonchev–Trinajstić information content (AvgIpc) is 2.84. The Bertz CT molecular complexity index is 1250. The Morgan fingerprint density at radius 2 is 1.80 bits per heavy atom. The number of nitro benzene ring substituents is 1. The number of carbonyl (C=O) groups excluding carboxylic acids is 2. The number of nitrogens with one attached hydrogen (secondary N) is 2. The van der Waals surface area contributed by atoms with Crippen molar-refractivity contribution in [1.29, 1.82) is 0 Å². The van der Waals surface area contributed by atoms with Crippen molar-refractivity contribution in [2.24, 2.45) is 5.10 Å². The van der Waals surface area contributed by atoms with Crippen molar-refractivity contribution in [2.75, 3.05) is 19.0 Å². The maximum atomic E-state index is 12.1. The Hall–Kier alpha value is -4.44. The summed E-state index contributed by atoms with van der Waals surface area (Å²) in [6, 6.07) is 18.0. The van der Waals surface area contributed by atoms with Crippen LogP contribution in [-0.2, 0) is 16.0 Å². The number of carbonyl (C=O) groups is 2. The number of ether oxygens (including phenoxy) is 2. The second-order valence-electron chi connectivity index (χ2n) is 7.09. The van der Waals surface area contributed by atoms with Gasteiger partial charge in [-0.3, -0.25) is 19.7 Å². The SMILES string of the molecule is COc1cc(/C=N/NC(=O)Cc2ccccc2[N+](=O)[O-])cc(Cl)c1OCC(=O)Nc1ccccc1. The third kappa shape index (κ3) is 7.27. The molecule has 0 spiro atoms. The van der Waals surface area contributed by atoms with E-state index in [4.69, 9.17) is 21.1 Å². The molecule has 3 aromatic rings. The van der Waals surface area contributed by atoms with E-state index in [2.05, 4.69) is 15.8 Å². The summed E-state index contributed by atoms with van der Waals surface area (Å²) < 4.78 is 10.9. The molecule has 0 radical (unpaired) electrons. The number of anilines is 1. The number of nitrogens with zero attached hydrogens (tertiary/aromatic N) is 2. The summed E-state index contributed by atoms with van der Waals surface area (Å²) in [5.41, 5.74) is 3.57. The van der Waals surface area contributed by atoms with Crippen LogP contribution in [0.15, 0.2) is 71.8 Å². The predicted molar refractivity (Wildman–Crippen MR) is 131 cm³/mol. The van der Waals surface area contributed by atoms with Gasteiger partial charge in [0.2, 0.25) is 5.91 Å². The number of hydrogen-bond acceptors (Lipinski definition) is 7. The molecule has 180 valence electrons. The highest BCUT2D eigenvalue weighted by Crippen LogP contribution is 2.36. The predicted octanol–water partition coefficient (Wildman–Crippen LogP) is 3.97. The summed E-state index contributed by atoms with van der Waals surface area (Å²) in [7, 11) is 1.41. The Balaban J connectivity index is 1.60. The van der Waals surface area contributed by atoms with Crippen LogP contribution in [0.25, 0.3) is 0 Å². The molecule has 2 amide bonds. The van der Waals surface area contributed by atoms with Crippen molar-refractivity contribution < 1.29 is 24.0 Å². The lowest BCUT2D eigenvalue weighted by Gasteiger charge is -2.13. The Morgan fingerprint density at radius 1 is 1.09 bits per heavy atom. The van der Waals surface area contributed by atoms with Gasteiger partial charge >= 0.3 is 0 Å². The first-order valence-corrected chi connectivity index (χ1v) is 10.6. The van der Waals surface area contributed by atoms with E-state index in [1.165, 1.54) is 37.6 Å². The number of hydrazone groups is 1. The molecule has 35 heavy (non-hydrogen) atoms. The summed E-state index contributed by atoms with van der Waals surface area (Å²) in [4.78, 5) is 34.8. The van der Waals surface area contributed by atoms with Gasteiger partial charge in [0.25, 0.3) is 11.6 Å². The van der Waals surface area contributed by atoms with E-state index in [1.54, 1.807) is 36.4 Å². The lowest BCUT2D eigenvalue weighted by Crippen LogP contribution is -2.20. The van der Waals surface area contributed by atoms with Crippen LogP contribution in [0.1, 0.15) is 11.1 Å². The molecule has 0 saturated heterocycles. The standard InChI is InChI=1S/C24H21ClN4O6/c1-34-21-12-16(14-26-28-22(30)13-17-7-5-6-10-20(17)29(32)33)11-19(25)24(21)35-15-23(31)27-18-8-3-2-4-9-18/h2-12,14H,13,15H2,1H3,(H,27,31)(H,28,30)/b26-14+. The Kier molecular flexibility index (Phi) is 8.74. The fourth-order valence-corrected chi connectivity index (χ4v) is 3.31. The van der Waals surface area contributed by atoms with Crippen molar-refractivity contribution in [1.82, 2.24) is 5.43 Å². The van der Waals surface area contributed by atoms with Crippen LogP contribution in [0, 0.1) is 10.1 Å². The maximum Gasteiger partial charge on any atom is 0.273 e. The number of para-hydroxylation sites is 2. The van der Waals surface area contributed by atoms with E-state index in [0.717, 1.165) is 0 Å². The van der Waals surface area contributed by atoms with Crippen LogP contribution in [0.3, 0.4) is 0 Å². The van der Waals surface area contributed by atoms with Crippen LogP contribution in [0.4, 0.5) is 11.4 Å². The second kappa shape index (κ2) is 12.1. The molecule has 0 aliphatic heterocycles. The summed E-state index contributed by atoms with van der Waals surface area (Å²) in [5, 5.41) is 17.8. The molecular weight excluding hydrogens is 476 g/mol. The van der Waals surface area contributed by atoms with E-state index >= 15 is 0 Å². The topological polar surface area (TPSA) is 132 Å². The monoisotopic (exact) mass is 496 g/mol. The van der Waals surface area contributed by atoms with Gasteiger partial charge in [-0.2, -0.15) is 5.10 Å². The normalized spacial score (nSPS) is 10.6. The van der Waals surface area contributed by atoms with Gasteiger partial charge in [-0.15, -0.1) is 0 Å². The highest BCUT2D eigenvalue weighted by atomic mass is 35.5. The van der Waals surface area contributed by atoms with E-state index in [0.29, 0.717) is 11.3 Å². The second-order valence-corrected chi connectivity index (χ2v) is 7.50. The van der Waals surface area contributed by atoms with Crippen LogP contribution in [0.5, 0.6) is 11.5 Å². The first kappa shape index (κ1) is 25.2. The highest BCUT2D eigenvalue weighted by Gasteiger charge is 2.16. The number of amides is 2. The van der Waals surface area contributed by atoms with E-state index in [9.17, 15) is 19.7 Å². The van der Waals surface area contributed by atoms with Crippen molar-refractivity contribution in [3.63, 3.8) is 0 Å². The molecule has 0 aromatic heterocycles. The summed E-state index contributed by atoms with van der Waals surface area (Å²) in [6.07, 6.45) is 1.12. The zero-order chi connectivity index (χ0) is 25.2. The fourth-order valence-electron chi connectivity index (χ4n) is 3.04. The summed E-state index contributed by atoms with van der Waals surface area (Å²) in [6.45, 7) is -0.292. The van der Waals surface area contributed by atoms with E-state index in [1.807, 2.05) is 6.07 Å². The van der Waals surface area contributed by atoms with Gasteiger partial charge in [0, 0.05) is 17.3 Å². The minimum atomic E-state index is -0.547. The van der Waals surface area contributed by atoms with Crippen LogP contribution in [0.2, 0.25) is 5.02 Å². The maximum absolute atomic E-state index is 12.1. The number of hydrogen-bond donors (Lipinski definition) is 2. The highest BCUT2D eigenvalue weighted by molar-refractivity contribution is 6.32. The molecule has 0 unspecified atom stereocenters. The number of halogens is 1. The molecule has 0 saturated carbocycles. The molecule has 0 bridgehead atoms. The molecule has 0 heterocycles. The van der Waals surface area contributed by atoms with Gasteiger partial charge in [0.1, 0.15) is 0 Å². The summed E-state index contributed by atoms with van der Waals surface area (Å²) in [5.74, 6) is -0.466. The molecule has 2 N–H and O–H groups in total. The van der Waals surface area contributed by atoms with E-state index in [-0.39, 0.29) is 46.7 Å². The first-order valence-electron chi connectivity index (χ1n) is 10.3. The van der Waals surface area contributed by atoms with Crippen molar-refractivity contribution in [2.45, 2.75) is 6.42 Å². The van der Waals surface area contributed by atoms with Crippen molar-refractivity contribution in [3.8, 4) is 11.5 Å². The molecule has 10 nitrogen and oxygen atoms in total. The lowest BCUT2D eigenvalue weighted by atomic mass is 10.1. The molecule has 0 aliphatic rings. The molecule has 11 heteroatoms. The molecular formula is C24H21ClN4O6. The van der Waals surface area contributed by atoms with Gasteiger partial charge in [-0.25, -0.2) is 5.43 Å². The number of methoxy groups -OCH3 is 1. The van der Waals surface area contributed by atoms with Crippen LogP contribution in [-0.4, -0.2) is 36.7 Å². The summed E-state index contributed by atoms with van der Waals surface area (Å²) >= 11 is 6.30. The average molecular weight is 497 g/mol. The van der Waals surface area contributed by atoms with Crippen molar-refractivity contribution in [3.05, 3.63) is 93.0 Å². The van der Waals surface area contributed by atoms with Crippen LogP contribution >= 0.6 is 11.6 Å². The minimum Gasteiger partial charge on any atom is -0.493 e. The Labute approximate surface area is 205 Å². The Morgan fingerprint density at radius 3 is 2.51 bits per heavy atom. The molecule has 0 aliphatic carbocycles. The van der Waals surface area contributed by atoms with Gasteiger partial charge in [0.15, 0.2) is 18.1 Å². The molecule has 0 fully saturated rings. The van der Waals surface area contributed by atoms with Gasteiger partial charge in [-0.1, -0.05) is 48.0 Å². The van der Waals surface area contributed by atoms with E-state index < -0.39 is 10.8 Å². The third-order valence-electron chi connectivity index (χ3n) is 4.60.